The molecule has 2 N–H and O–H groups in total. The third-order valence-electron chi connectivity index (χ3n) is 5.19. The molecule has 0 heterocycles. The Kier molecular flexibility index (Phi) is 12.0. The molecule has 16 nitrogen and oxygen atoms in total. The second-order valence-electron chi connectivity index (χ2n) is 7.78. The molecule has 1 amide bonds. The van der Waals surface area contributed by atoms with Gasteiger partial charge >= 0.3 is 29.8 Å². The molecule has 216 valence electrons. The molecule has 16 heteroatoms. The van der Waals surface area contributed by atoms with Crippen molar-refractivity contribution in [3.8, 4) is 17.6 Å². The monoisotopic (exact) mass is 565 g/mol. The fraction of sp³-hybridized carbons (Fsp3) is 0.417. The number of nitrogens with zero attached hydrogens (tertiary/aromatic N) is 3. The molecule has 0 aromatic heterocycles. The predicted octanol–water partition coefficient (Wildman–Crippen LogP) is 1.93. The summed E-state index contributed by atoms with van der Waals surface area (Å²) >= 11 is 0. The Labute approximate surface area is 227 Å². The average molecular weight is 565 g/mol. The maximum atomic E-state index is 12.7. The molecule has 1 aromatic carbocycles. The summed E-state index contributed by atoms with van der Waals surface area (Å²) in [5.74, 6) is -7.06. The Morgan fingerprint density at radius 2 is 1.77 bits per heavy atom. The van der Waals surface area contributed by atoms with Crippen LogP contribution in [0.5, 0.6) is 11.5 Å². The number of hydrogen-bond acceptors (Lipinski definition) is 13. The molecule has 1 atom stereocenters. The van der Waals surface area contributed by atoms with Crippen LogP contribution in [0.3, 0.4) is 0 Å². The molecule has 0 aliphatic heterocycles. The number of carboxylic acids is 1. The maximum absolute atomic E-state index is 12.7. The minimum Gasteiger partial charge on any atom is -0.499 e. The molecule has 0 aliphatic rings. The van der Waals surface area contributed by atoms with Gasteiger partial charge in [0.25, 0.3) is 5.91 Å². The van der Waals surface area contributed by atoms with Crippen molar-refractivity contribution in [2.45, 2.75) is 39.2 Å². The van der Waals surface area contributed by atoms with Crippen molar-refractivity contribution in [1.82, 2.24) is 4.90 Å². The first-order chi connectivity index (χ1) is 18.8. The summed E-state index contributed by atoms with van der Waals surface area (Å²) in [6.45, 7) is 5.12. The lowest BCUT2D eigenvalue weighted by Crippen LogP contribution is -2.48. The SMILES string of the molecule is CCOC(=O)CC(CC(=O)O)(OC(=O)Oc1cc(C=C(C#N)C(=O)N(CC)CC)cc([N+](=O)[O-])c1O)C(=O)OC. The first-order valence-corrected chi connectivity index (χ1v) is 11.6. The molecule has 1 unspecified atom stereocenters. The van der Waals surface area contributed by atoms with Crippen LogP contribution < -0.4 is 4.74 Å². The smallest absolute Gasteiger partial charge is 0.499 e. The summed E-state index contributed by atoms with van der Waals surface area (Å²) in [5, 5.41) is 40.5. The number of hydrogen-bond donors (Lipinski definition) is 2. The summed E-state index contributed by atoms with van der Waals surface area (Å²) in [6.07, 6.45) is -3.26. The number of benzene rings is 1. The van der Waals surface area contributed by atoms with Crippen LogP contribution in [0.15, 0.2) is 17.7 Å². The number of nitriles is 1. The van der Waals surface area contributed by atoms with Crippen LogP contribution in [0.25, 0.3) is 6.08 Å². The number of aromatic hydroxyl groups is 1. The van der Waals surface area contributed by atoms with E-state index in [2.05, 4.69) is 4.74 Å². The number of phenols is 1. The number of nitro groups is 1. The summed E-state index contributed by atoms with van der Waals surface area (Å²) in [5.41, 5.74) is -4.42. The van der Waals surface area contributed by atoms with E-state index in [1.165, 1.54) is 11.8 Å². The third kappa shape index (κ3) is 8.41. The molecular weight excluding hydrogens is 538 g/mol. The largest absolute Gasteiger partial charge is 0.515 e. The van der Waals surface area contributed by atoms with Gasteiger partial charge in [-0.25, -0.2) is 9.59 Å². The first kappa shape index (κ1) is 32.8. The number of rotatable bonds is 13. The van der Waals surface area contributed by atoms with Gasteiger partial charge in [-0.15, -0.1) is 0 Å². The number of carbonyl (C=O) groups is 5. The fourth-order valence-corrected chi connectivity index (χ4v) is 3.37. The predicted molar refractivity (Wildman–Crippen MR) is 132 cm³/mol. The van der Waals surface area contributed by atoms with Crippen LogP contribution >= 0.6 is 0 Å². The van der Waals surface area contributed by atoms with Crippen molar-refractivity contribution in [3.05, 3.63) is 33.4 Å². The van der Waals surface area contributed by atoms with E-state index in [-0.39, 0.29) is 25.3 Å². The zero-order chi connectivity index (χ0) is 30.6. The van der Waals surface area contributed by atoms with Crippen molar-refractivity contribution in [3.63, 3.8) is 0 Å². The molecule has 0 fully saturated rings. The molecular formula is C24H27N3O13. The molecule has 0 radical (unpaired) electrons. The second kappa shape index (κ2) is 14.7. The number of likely N-dealkylation sites (N-methyl/N-ethyl adjacent to an activating group) is 1. The molecule has 40 heavy (non-hydrogen) atoms. The van der Waals surface area contributed by atoms with Crippen LogP contribution in [0.2, 0.25) is 0 Å². The van der Waals surface area contributed by atoms with Gasteiger partial charge in [-0.05, 0) is 38.5 Å². The van der Waals surface area contributed by atoms with Crippen LogP contribution in [0, 0.1) is 21.4 Å². The van der Waals surface area contributed by atoms with Crippen molar-refractivity contribution in [1.29, 1.82) is 5.26 Å². The van der Waals surface area contributed by atoms with Crippen LogP contribution in [-0.2, 0) is 33.4 Å². The molecule has 0 saturated heterocycles. The molecule has 0 aliphatic carbocycles. The summed E-state index contributed by atoms with van der Waals surface area (Å²) in [6, 6.07) is 3.32. The van der Waals surface area contributed by atoms with E-state index in [9.17, 15) is 49.6 Å². The van der Waals surface area contributed by atoms with Gasteiger partial charge in [-0.3, -0.25) is 24.5 Å². The van der Waals surface area contributed by atoms with Gasteiger partial charge in [0.2, 0.25) is 11.4 Å². The number of methoxy groups -OCH3 is 1. The van der Waals surface area contributed by atoms with E-state index in [1.54, 1.807) is 19.9 Å². The van der Waals surface area contributed by atoms with Gasteiger partial charge in [0.1, 0.15) is 11.6 Å². The Hall–Kier alpha value is -5.20. The molecule has 0 bridgehead atoms. The summed E-state index contributed by atoms with van der Waals surface area (Å²) in [4.78, 5) is 72.9. The number of carboxylic acid groups (broad SMARTS) is 1. The minimum absolute atomic E-state index is 0.160. The minimum atomic E-state index is -2.77. The Morgan fingerprint density at radius 1 is 1.15 bits per heavy atom. The third-order valence-corrected chi connectivity index (χ3v) is 5.19. The van der Waals surface area contributed by atoms with Gasteiger partial charge in [0, 0.05) is 19.2 Å². The van der Waals surface area contributed by atoms with Gasteiger partial charge in [-0.2, -0.15) is 5.26 Å². The first-order valence-electron chi connectivity index (χ1n) is 11.6. The number of esters is 2. The van der Waals surface area contributed by atoms with Gasteiger partial charge in [0.15, 0.2) is 5.75 Å². The summed E-state index contributed by atoms with van der Waals surface area (Å²) in [7, 11) is 0.829. The van der Waals surface area contributed by atoms with E-state index in [0.29, 0.717) is 0 Å². The zero-order valence-corrected chi connectivity index (χ0v) is 22.0. The fourth-order valence-electron chi connectivity index (χ4n) is 3.37. The van der Waals surface area contributed by atoms with E-state index in [4.69, 9.17) is 14.2 Å². The number of carbonyl (C=O) groups excluding carboxylic acids is 4. The topological polar surface area (TPSA) is 233 Å². The highest BCUT2D eigenvalue weighted by Gasteiger charge is 2.49. The van der Waals surface area contributed by atoms with Gasteiger partial charge < -0.3 is 34.1 Å². The number of ether oxygens (including phenoxy) is 4. The van der Waals surface area contributed by atoms with Crippen molar-refractivity contribution >= 4 is 41.7 Å². The number of amides is 1. The van der Waals surface area contributed by atoms with Crippen molar-refractivity contribution in [2.24, 2.45) is 0 Å². The van der Waals surface area contributed by atoms with Gasteiger partial charge in [0.05, 0.1) is 31.5 Å². The Bertz CT molecular complexity index is 1250. The lowest BCUT2D eigenvalue weighted by molar-refractivity contribution is -0.385. The molecule has 0 saturated carbocycles. The van der Waals surface area contributed by atoms with Crippen LogP contribution in [-0.4, -0.2) is 82.4 Å². The highest BCUT2D eigenvalue weighted by Crippen LogP contribution is 2.38. The number of phenolic OH excluding ortho intramolecular Hbond substituents is 1. The second-order valence-corrected chi connectivity index (χ2v) is 7.78. The van der Waals surface area contributed by atoms with E-state index in [1.807, 2.05) is 0 Å². The van der Waals surface area contributed by atoms with Crippen LogP contribution in [0.4, 0.5) is 10.5 Å². The quantitative estimate of drug-likeness (QED) is 0.0661. The van der Waals surface area contributed by atoms with E-state index >= 15 is 0 Å². The Morgan fingerprint density at radius 3 is 2.25 bits per heavy atom. The lowest BCUT2D eigenvalue weighted by atomic mass is 9.95. The normalized spacial score (nSPS) is 12.2. The van der Waals surface area contributed by atoms with Gasteiger partial charge in [-0.1, -0.05) is 0 Å². The van der Waals surface area contributed by atoms with Crippen LogP contribution in [0.1, 0.15) is 39.2 Å². The number of nitro benzene ring substituents is 1. The average Bonchev–Trinajstić information content (AvgIpc) is 2.88. The lowest BCUT2D eigenvalue weighted by Gasteiger charge is -2.27. The highest BCUT2D eigenvalue weighted by molar-refractivity contribution is 6.02. The zero-order valence-electron chi connectivity index (χ0n) is 22.0. The number of aliphatic carboxylic acids is 1. The molecule has 1 aromatic rings. The van der Waals surface area contributed by atoms with Crippen molar-refractivity contribution < 1.29 is 58.1 Å². The highest BCUT2D eigenvalue weighted by atomic mass is 16.7. The van der Waals surface area contributed by atoms with Crippen molar-refractivity contribution in [2.75, 3.05) is 26.8 Å². The van der Waals surface area contributed by atoms with E-state index < -0.39 is 76.1 Å². The molecule has 1 rings (SSSR count). The molecule has 0 spiro atoms. The Balaban J connectivity index is 3.58. The summed E-state index contributed by atoms with van der Waals surface area (Å²) < 4.78 is 18.9. The standard InChI is InChI=1S/C24H27N3O13/c1-5-26(6-2)21(32)15(13-25)8-14-9-16(27(35)36)20(31)17(10-14)39-23(34)40-24(11-18(28)29,22(33)37-4)12-19(30)38-7-3/h8-10,31H,5-7,11-12H2,1-4H3,(H,28,29). The maximum Gasteiger partial charge on any atom is 0.515 e. The van der Waals surface area contributed by atoms with E-state index in [0.717, 1.165) is 25.3 Å².